The summed E-state index contributed by atoms with van der Waals surface area (Å²) in [6.07, 6.45) is 1.45. The van der Waals surface area contributed by atoms with Crippen molar-refractivity contribution in [2.75, 3.05) is 13.1 Å². The Balaban J connectivity index is 1.88. The van der Waals surface area contributed by atoms with Crippen molar-refractivity contribution in [3.05, 3.63) is 21.3 Å². The lowest BCUT2D eigenvalue weighted by atomic mass is 9.95. The highest BCUT2D eigenvalue weighted by molar-refractivity contribution is 7.17. The summed E-state index contributed by atoms with van der Waals surface area (Å²) in [5.41, 5.74) is 0. The van der Waals surface area contributed by atoms with Gasteiger partial charge in [0.15, 0.2) is 0 Å². The van der Waals surface area contributed by atoms with Crippen LogP contribution < -0.4 is 5.32 Å². The Morgan fingerprint density at radius 1 is 1.35 bits per heavy atom. The molecule has 1 aromatic heterocycles. The fourth-order valence-electron chi connectivity index (χ4n) is 2.33. The Hall–Kier alpha value is -1.07. The molecule has 0 saturated carbocycles. The number of nitrogens with one attached hydrogen (secondary N) is 1. The van der Waals surface area contributed by atoms with Gasteiger partial charge in [-0.05, 0) is 38.8 Å². The van der Waals surface area contributed by atoms with Gasteiger partial charge in [0.1, 0.15) is 0 Å². The van der Waals surface area contributed by atoms with Crippen LogP contribution in [0.1, 0.15) is 36.4 Å². The van der Waals surface area contributed by atoms with E-state index in [1.807, 2.05) is 13.8 Å². The van der Waals surface area contributed by atoms with Crippen molar-refractivity contribution in [2.24, 2.45) is 5.92 Å². The van der Waals surface area contributed by atoms with Crippen molar-refractivity contribution >= 4 is 34.8 Å². The summed E-state index contributed by atoms with van der Waals surface area (Å²) in [4.78, 5) is 26.6. The Morgan fingerprint density at radius 2 is 2.00 bits per heavy atom. The van der Waals surface area contributed by atoms with Crippen molar-refractivity contribution < 1.29 is 9.59 Å². The highest BCUT2D eigenvalue weighted by atomic mass is 35.5. The number of halogens is 1. The Kier molecular flexibility index (Phi) is 5.05. The van der Waals surface area contributed by atoms with Gasteiger partial charge >= 0.3 is 0 Å². The molecule has 1 aliphatic heterocycles. The van der Waals surface area contributed by atoms with Gasteiger partial charge in [0.2, 0.25) is 5.91 Å². The number of amides is 2. The van der Waals surface area contributed by atoms with Crippen LogP contribution in [0.4, 0.5) is 0 Å². The van der Waals surface area contributed by atoms with Gasteiger partial charge in [-0.3, -0.25) is 9.59 Å². The summed E-state index contributed by atoms with van der Waals surface area (Å²) in [7, 11) is 0. The highest BCUT2D eigenvalue weighted by Gasteiger charge is 2.28. The molecule has 0 unspecified atom stereocenters. The Labute approximate surface area is 128 Å². The van der Waals surface area contributed by atoms with Crippen LogP contribution in [0.3, 0.4) is 0 Å². The molecule has 1 aromatic rings. The summed E-state index contributed by atoms with van der Waals surface area (Å²) in [6, 6.07) is 3.66. The lowest BCUT2D eigenvalue weighted by Crippen LogP contribution is -2.44. The molecule has 2 heterocycles. The number of hydrogen-bond acceptors (Lipinski definition) is 3. The Morgan fingerprint density at radius 3 is 2.50 bits per heavy atom. The molecule has 2 rings (SSSR count). The largest absolute Gasteiger partial charge is 0.354 e. The van der Waals surface area contributed by atoms with Crippen LogP contribution in [-0.4, -0.2) is 35.8 Å². The van der Waals surface area contributed by atoms with Gasteiger partial charge in [-0.1, -0.05) is 11.6 Å². The van der Waals surface area contributed by atoms with Gasteiger partial charge in [0.05, 0.1) is 9.21 Å². The fourth-order valence-corrected chi connectivity index (χ4v) is 3.34. The zero-order valence-corrected chi connectivity index (χ0v) is 13.3. The molecular formula is C14H19ClN2O2S. The first-order valence-electron chi connectivity index (χ1n) is 6.82. The zero-order chi connectivity index (χ0) is 14.7. The molecule has 2 amide bonds. The molecule has 4 nitrogen and oxygen atoms in total. The first-order chi connectivity index (χ1) is 9.47. The number of thiophene rings is 1. The number of piperidine rings is 1. The minimum absolute atomic E-state index is 0.0182. The van der Waals surface area contributed by atoms with Crippen LogP contribution in [0.2, 0.25) is 4.34 Å². The number of nitrogens with zero attached hydrogens (tertiary/aromatic N) is 1. The first kappa shape index (κ1) is 15.3. The average Bonchev–Trinajstić information content (AvgIpc) is 2.84. The van der Waals surface area contributed by atoms with E-state index in [4.69, 9.17) is 11.6 Å². The summed E-state index contributed by atoms with van der Waals surface area (Å²) < 4.78 is 0.625. The molecule has 0 radical (unpaired) electrons. The molecular weight excluding hydrogens is 296 g/mol. The van der Waals surface area contributed by atoms with E-state index in [-0.39, 0.29) is 23.8 Å². The highest BCUT2D eigenvalue weighted by Crippen LogP contribution is 2.25. The van der Waals surface area contributed by atoms with Crippen molar-refractivity contribution in [1.82, 2.24) is 10.2 Å². The maximum Gasteiger partial charge on any atom is 0.263 e. The van der Waals surface area contributed by atoms with Gasteiger partial charge in [-0.15, -0.1) is 11.3 Å². The van der Waals surface area contributed by atoms with E-state index in [0.717, 1.165) is 12.8 Å². The first-order valence-corrected chi connectivity index (χ1v) is 8.02. The molecule has 1 saturated heterocycles. The smallest absolute Gasteiger partial charge is 0.263 e. The van der Waals surface area contributed by atoms with Crippen molar-refractivity contribution in [3.8, 4) is 0 Å². The standard InChI is InChI=1S/C14H19ClN2O2S/c1-9(2)16-13(18)10-5-7-17(8-6-10)14(19)11-3-4-12(15)20-11/h3-4,9-10H,5-8H2,1-2H3,(H,16,18). The van der Waals surface area contributed by atoms with Crippen LogP contribution in [0, 0.1) is 5.92 Å². The molecule has 1 aliphatic rings. The third kappa shape index (κ3) is 3.73. The lowest BCUT2D eigenvalue weighted by molar-refractivity contribution is -0.126. The number of carbonyl (C=O) groups excluding carboxylic acids is 2. The molecule has 6 heteroatoms. The SMILES string of the molecule is CC(C)NC(=O)C1CCN(C(=O)c2ccc(Cl)s2)CC1. The lowest BCUT2D eigenvalue weighted by Gasteiger charge is -2.31. The molecule has 0 spiro atoms. The van der Waals surface area contributed by atoms with E-state index in [9.17, 15) is 9.59 Å². The quantitative estimate of drug-likeness (QED) is 0.932. The van der Waals surface area contributed by atoms with Gasteiger partial charge in [0.25, 0.3) is 5.91 Å². The summed E-state index contributed by atoms with van der Waals surface area (Å²) in [6.45, 7) is 5.17. The minimum Gasteiger partial charge on any atom is -0.354 e. The predicted molar refractivity (Wildman–Crippen MR) is 81.2 cm³/mol. The summed E-state index contributed by atoms with van der Waals surface area (Å²) in [5.74, 6) is 0.143. The van der Waals surface area contributed by atoms with Gasteiger partial charge in [-0.25, -0.2) is 0 Å². The van der Waals surface area contributed by atoms with E-state index in [1.165, 1.54) is 11.3 Å². The molecule has 1 fully saturated rings. The number of carbonyl (C=O) groups is 2. The minimum atomic E-state index is 0.0182. The molecule has 110 valence electrons. The fraction of sp³-hybridized carbons (Fsp3) is 0.571. The number of rotatable bonds is 3. The van der Waals surface area contributed by atoms with Crippen LogP contribution >= 0.6 is 22.9 Å². The monoisotopic (exact) mass is 314 g/mol. The predicted octanol–water partition coefficient (Wildman–Crippen LogP) is 2.78. The van der Waals surface area contributed by atoms with E-state index in [0.29, 0.717) is 22.3 Å². The zero-order valence-electron chi connectivity index (χ0n) is 11.7. The Bertz CT molecular complexity index is 493. The van der Waals surface area contributed by atoms with Crippen LogP contribution in [0.25, 0.3) is 0 Å². The van der Waals surface area contributed by atoms with Gasteiger partial charge in [-0.2, -0.15) is 0 Å². The van der Waals surface area contributed by atoms with E-state index in [1.54, 1.807) is 17.0 Å². The summed E-state index contributed by atoms with van der Waals surface area (Å²) >= 11 is 7.15. The van der Waals surface area contributed by atoms with Crippen molar-refractivity contribution in [1.29, 1.82) is 0 Å². The summed E-state index contributed by atoms with van der Waals surface area (Å²) in [5, 5.41) is 2.93. The van der Waals surface area contributed by atoms with Gasteiger partial charge in [0, 0.05) is 25.0 Å². The number of hydrogen-bond donors (Lipinski definition) is 1. The van der Waals surface area contributed by atoms with Crippen molar-refractivity contribution in [3.63, 3.8) is 0 Å². The second kappa shape index (κ2) is 6.59. The second-order valence-electron chi connectivity index (χ2n) is 5.33. The normalized spacial score (nSPS) is 16.5. The van der Waals surface area contributed by atoms with Crippen LogP contribution in [0.15, 0.2) is 12.1 Å². The molecule has 20 heavy (non-hydrogen) atoms. The topological polar surface area (TPSA) is 49.4 Å². The maximum atomic E-state index is 12.2. The van der Waals surface area contributed by atoms with E-state index >= 15 is 0 Å². The third-order valence-electron chi connectivity index (χ3n) is 3.37. The average molecular weight is 315 g/mol. The molecule has 1 N–H and O–H groups in total. The molecule has 0 aromatic carbocycles. The molecule has 0 atom stereocenters. The van der Waals surface area contributed by atoms with E-state index < -0.39 is 0 Å². The molecule has 0 bridgehead atoms. The van der Waals surface area contributed by atoms with Gasteiger partial charge < -0.3 is 10.2 Å². The van der Waals surface area contributed by atoms with Crippen molar-refractivity contribution in [2.45, 2.75) is 32.7 Å². The van der Waals surface area contributed by atoms with Crippen LogP contribution in [-0.2, 0) is 4.79 Å². The third-order valence-corrected chi connectivity index (χ3v) is 4.59. The molecule has 0 aliphatic carbocycles. The van der Waals surface area contributed by atoms with Crippen LogP contribution in [0.5, 0.6) is 0 Å². The maximum absolute atomic E-state index is 12.2. The number of likely N-dealkylation sites (tertiary alicyclic amines) is 1. The van der Waals surface area contributed by atoms with E-state index in [2.05, 4.69) is 5.32 Å². The second-order valence-corrected chi connectivity index (χ2v) is 7.05.